The van der Waals surface area contributed by atoms with Gasteiger partial charge in [-0.2, -0.15) is 0 Å². The third-order valence-electron chi connectivity index (χ3n) is 5.15. The van der Waals surface area contributed by atoms with Gasteiger partial charge in [-0.25, -0.2) is 0 Å². The van der Waals surface area contributed by atoms with E-state index in [9.17, 15) is 0 Å². The molecule has 0 bridgehead atoms. The van der Waals surface area contributed by atoms with E-state index in [1.807, 2.05) is 18.2 Å². The van der Waals surface area contributed by atoms with Gasteiger partial charge in [0.05, 0.1) is 5.69 Å². The van der Waals surface area contributed by atoms with Gasteiger partial charge in [-0.15, -0.1) is 0 Å². The average Bonchev–Trinajstić information content (AvgIpc) is 2.76. The number of rotatable bonds is 3. The fourth-order valence-corrected chi connectivity index (χ4v) is 3.85. The summed E-state index contributed by atoms with van der Waals surface area (Å²) in [6.07, 6.45) is 0. The van der Waals surface area contributed by atoms with E-state index in [0.29, 0.717) is 0 Å². The first-order valence-electron chi connectivity index (χ1n) is 9.42. The van der Waals surface area contributed by atoms with Crippen molar-refractivity contribution in [2.24, 2.45) is 0 Å². The molecule has 2 radical (unpaired) electrons. The van der Waals surface area contributed by atoms with Crippen molar-refractivity contribution in [2.45, 2.75) is 0 Å². The van der Waals surface area contributed by atoms with Crippen LogP contribution in [0.15, 0.2) is 109 Å². The van der Waals surface area contributed by atoms with Gasteiger partial charge in [0.15, 0.2) is 0 Å². The van der Waals surface area contributed by atoms with Crippen LogP contribution in [0.3, 0.4) is 0 Å². The molecule has 0 spiro atoms. The van der Waals surface area contributed by atoms with Gasteiger partial charge >= 0.3 is 0 Å². The van der Waals surface area contributed by atoms with Crippen LogP contribution in [0.4, 0.5) is 17.1 Å². The monoisotopic (exact) mass is 355 g/mol. The molecule has 0 heterocycles. The van der Waals surface area contributed by atoms with E-state index in [4.69, 9.17) is 7.85 Å². The van der Waals surface area contributed by atoms with E-state index in [-0.39, 0.29) is 0 Å². The molecule has 0 aliphatic heterocycles. The van der Waals surface area contributed by atoms with Crippen molar-refractivity contribution in [3.63, 3.8) is 0 Å². The lowest BCUT2D eigenvalue weighted by atomic mass is 9.95. The van der Waals surface area contributed by atoms with Gasteiger partial charge in [0.1, 0.15) is 7.85 Å². The number of anilines is 3. The summed E-state index contributed by atoms with van der Waals surface area (Å²) < 4.78 is 0. The van der Waals surface area contributed by atoms with Gasteiger partial charge in [0.2, 0.25) is 0 Å². The third kappa shape index (κ3) is 2.84. The predicted molar refractivity (Wildman–Crippen MR) is 122 cm³/mol. The molecule has 5 aromatic carbocycles. The maximum Gasteiger partial charge on any atom is 0.113 e. The molecule has 0 aromatic heterocycles. The molecule has 5 aromatic rings. The van der Waals surface area contributed by atoms with Crippen LogP contribution in [0, 0.1) is 0 Å². The standard InChI is InChI=1S/C26H18BN/c27-20-14-16-22(17-15-20)28(21-9-2-1-3-10-21)26-18-19-8-4-5-11-23(19)24-12-6-7-13-25(24)26/h1-18H. The number of para-hydroxylation sites is 1. The second-order valence-electron chi connectivity index (χ2n) is 6.92. The van der Waals surface area contributed by atoms with Crippen LogP contribution in [0.1, 0.15) is 0 Å². The van der Waals surface area contributed by atoms with Crippen molar-refractivity contribution in [1.29, 1.82) is 0 Å². The Balaban J connectivity index is 1.86. The minimum Gasteiger partial charge on any atom is -0.310 e. The first-order chi connectivity index (χ1) is 13.8. The van der Waals surface area contributed by atoms with E-state index in [1.54, 1.807) is 0 Å². The highest BCUT2D eigenvalue weighted by molar-refractivity contribution is 6.32. The van der Waals surface area contributed by atoms with Gasteiger partial charge in [-0.05, 0) is 46.5 Å². The summed E-state index contributed by atoms with van der Waals surface area (Å²) in [5.74, 6) is 0. The van der Waals surface area contributed by atoms with Crippen molar-refractivity contribution >= 4 is 51.9 Å². The van der Waals surface area contributed by atoms with E-state index in [1.165, 1.54) is 21.5 Å². The molecule has 1 nitrogen and oxygen atoms in total. The molecule has 0 unspecified atom stereocenters. The van der Waals surface area contributed by atoms with E-state index in [2.05, 4.69) is 95.9 Å². The largest absolute Gasteiger partial charge is 0.310 e. The molecule has 0 saturated heterocycles. The van der Waals surface area contributed by atoms with Crippen molar-refractivity contribution in [3.05, 3.63) is 109 Å². The van der Waals surface area contributed by atoms with Crippen molar-refractivity contribution in [2.75, 3.05) is 4.90 Å². The summed E-state index contributed by atoms with van der Waals surface area (Å²) in [5.41, 5.74) is 4.12. The van der Waals surface area contributed by atoms with Crippen LogP contribution in [0.5, 0.6) is 0 Å². The Morgan fingerprint density at radius 2 is 1.07 bits per heavy atom. The molecular weight excluding hydrogens is 337 g/mol. The Bertz CT molecular complexity index is 1260. The Hall–Kier alpha value is -3.52. The summed E-state index contributed by atoms with van der Waals surface area (Å²) in [4.78, 5) is 2.30. The summed E-state index contributed by atoms with van der Waals surface area (Å²) in [6.45, 7) is 0. The molecule has 2 heteroatoms. The minimum atomic E-state index is 0.764. The fourth-order valence-electron chi connectivity index (χ4n) is 3.85. The van der Waals surface area contributed by atoms with Crippen LogP contribution < -0.4 is 10.4 Å². The summed E-state index contributed by atoms with van der Waals surface area (Å²) in [6, 6.07) is 38.0. The second-order valence-corrected chi connectivity index (χ2v) is 6.92. The Morgan fingerprint density at radius 1 is 0.500 bits per heavy atom. The zero-order valence-corrected chi connectivity index (χ0v) is 15.4. The molecule has 0 amide bonds. The second kappa shape index (κ2) is 6.90. The van der Waals surface area contributed by atoms with Crippen molar-refractivity contribution < 1.29 is 0 Å². The first kappa shape index (κ1) is 16.6. The maximum absolute atomic E-state index is 5.95. The molecule has 5 rings (SSSR count). The van der Waals surface area contributed by atoms with Crippen LogP contribution in [0.25, 0.3) is 21.5 Å². The minimum absolute atomic E-state index is 0.764. The SMILES string of the molecule is [B]c1ccc(N(c2ccccc2)c2cc3ccccc3c3ccccc23)cc1. The molecule has 0 N–H and O–H groups in total. The lowest BCUT2D eigenvalue weighted by molar-refractivity contribution is 1.30. The van der Waals surface area contributed by atoms with Crippen LogP contribution >= 0.6 is 0 Å². The van der Waals surface area contributed by atoms with Gasteiger partial charge in [0.25, 0.3) is 0 Å². The van der Waals surface area contributed by atoms with Gasteiger partial charge in [-0.3, -0.25) is 0 Å². The molecule has 0 atom stereocenters. The molecule has 0 aliphatic rings. The number of nitrogens with zero attached hydrogens (tertiary/aromatic N) is 1. The summed E-state index contributed by atoms with van der Waals surface area (Å²) >= 11 is 0. The van der Waals surface area contributed by atoms with Crippen LogP contribution in [0.2, 0.25) is 0 Å². The first-order valence-corrected chi connectivity index (χ1v) is 9.42. The van der Waals surface area contributed by atoms with Crippen LogP contribution in [-0.2, 0) is 0 Å². The number of hydrogen-bond acceptors (Lipinski definition) is 1. The molecule has 0 saturated carbocycles. The zero-order chi connectivity index (χ0) is 18.9. The third-order valence-corrected chi connectivity index (χ3v) is 5.15. The van der Waals surface area contributed by atoms with E-state index >= 15 is 0 Å². The number of fused-ring (bicyclic) bond motifs is 3. The average molecular weight is 355 g/mol. The molecular formula is C26H18BN. The molecule has 0 aliphatic carbocycles. The smallest absolute Gasteiger partial charge is 0.113 e. The summed E-state index contributed by atoms with van der Waals surface area (Å²) in [7, 11) is 5.95. The molecule has 28 heavy (non-hydrogen) atoms. The maximum atomic E-state index is 5.95. The lowest BCUT2D eigenvalue weighted by Gasteiger charge is -2.27. The van der Waals surface area contributed by atoms with Gasteiger partial charge in [0, 0.05) is 16.8 Å². The predicted octanol–water partition coefficient (Wildman–Crippen LogP) is 6.26. The topological polar surface area (TPSA) is 3.24 Å². The van der Waals surface area contributed by atoms with Crippen molar-refractivity contribution in [3.8, 4) is 0 Å². The Kier molecular flexibility index (Phi) is 4.10. The zero-order valence-electron chi connectivity index (χ0n) is 15.4. The lowest BCUT2D eigenvalue weighted by Crippen LogP contribution is -2.12. The van der Waals surface area contributed by atoms with Gasteiger partial charge < -0.3 is 4.90 Å². The summed E-state index contributed by atoms with van der Waals surface area (Å²) in [5, 5.41) is 4.98. The number of hydrogen-bond donors (Lipinski definition) is 0. The van der Waals surface area contributed by atoms with E-state index in [0.717, 1.165) is 22.5 Å². The number of benzene rings is 5. The highest BCUT2D eigenvalue weighted by Gasteiger charge is 2.16. The molecule has 130 valence electrons. The quantitative estimate of drug-likeness (QED) is 0.273. The molecule has 0 fully saturated rings. The Labute approximate surface area is 166 Å². The highest BCUT2D eigenvalue weighted by Crippen LogP contribution is 2.41. The fraction of sp³-hybridized carbons (Fsp3) is 0. The normalized spacial score (nSPS) is 11.0. The van der Waals surface area contributed by atoms with Crippen molar-refractivity contribution in [1.82, 2.24) is 0 Å². The van der Waals surface area contributed by atoms with Gasteiger partial charge in [-0.1, -0.05) is 84.3 Å². The van der Waals surface area contributed by atoms with Crippen LogP contribution in [-0.4, -0.2) is 7.85 Å². The highest BCUT2D eigenvalue weighted by atomic mass is 15.1. The Morgan fingerprint density at radius 3 is 1.82 bits per heavy atom. The van der Waals surface area contributed by atoms with E-state index < -0.39 is 0 Å².